The molecule has 52 valence electrons. The second-order valence-corrected chi connectivity index (χ2v) is 2.25. The number of hydrogen-bond acceptors (Lipinski definition) is 3. The van der Waals surface area contributed by atoms with Gasteiger partial charge in [0.25, 0.3) is 0 Å². The second-order valence-electron chi connectivity index (χ2n) is 1.24. The van der Waals surface area contributed by atoms with Crippen LogP contribution in [0.2, 0.25) is 0 Å². The average molecular weight is 148 g/mol. The van der Waals surface area contributed by atoms with Crippen molar-refractivity contribution in [2.75, 3.05) is 12.4 Å². The van der Waals surface area contributed by atoms with Gasteiger partial charge in [-0.25, -0.2) is 4.79 Å². The third kappa shape index (κ3) is 7.52. The fourth-order valence-corrected chi connectivity index (χ4v) is 0.681. The van der Waals surface area contributed by atoms with Crippen molar-refractivity contribution in [3.63, 3.8) is 0 Å². The molecule has 3 nitrogen and oxygen atoms in total. The molecule has 0 bridgehead atoms. The van der Waals surface area contributed by atoms with Gasteiger partial charge in [0.15, 0.2) is 0 Å². The fourth-order valence-electron chi connectivity index (χ4n) is 0.227. The lowest BCUT2D eigenvalue weighted by atomic mass is 10.7. The molecule has 0 amide bonds. The third-order valence-electron chi connectivity index (χ3n) is 0.516. The highest BCUT2D eigenvalue weighted by Gasteiger charge is 1.83. The van der Waals surface area contributed by atoms with Gasteiger partial charge in [-0.3, -0.25) is 0 Å². The second kappa shape index (κ2) is 5.65. The van der Waals surface area contributed by atoms with Gasteiger partial charge in [-0.05, 0) is 5.41 Å². The predicted molar refractivity (Wildman–Crippen MR) is 36.3 cm³/mol. The van der Waals surface area contributed by atoms with E-state index in [1.165, 1.54) is 17.2 Å². The lowest BCUT2D eigenvalue weighted by molar-refractivity contribution is -0.131. The summed E-state index contributed by atoms with van der Waals surface area (Å²) in [6.07, 6.45) is 1.04. The van der Waals surface area contributed by atoms with Crippen LogP contribution in [0.25, 0.3) is 0 Å². The minimum atomic E-state index is -0.958. The van der Waals surface area contributed by atoms with Crippen LogP contribution in [0.1, 0.15) is 0 Å². The van der Waals surface area contributed by atoms with Crippen molar-refractivity contribution < 1.29 is 15.0 Å². The summed E-state index contributed by atoms with van der Waals surface area (Å²) >= 11 is 1.27. The molecule has 0 radical (unpaired) electrons. The molecule has 0 aromatic heterocycles. The van der Waals surface area contributed by atoms with Crippen LogP contribution in [0, 0.1) is 0 Å². The Bertz CT molecular complexity index is 111. The summed E-state index contributed by atoms with van der Waals surface area (Å²) in [5.41, 5.74) is 0. The zero-order valence-corrected chi connectivity index (χ0v) is 5.60. The number of carbonyl (C=O) groups is 1. The fraction of sp³-hybridized carbons (Fsp3) is 0.400. The van der Waals surface area contributed by atoms with Gasteiger partial charge in [-0.1, -0.05) is 0 Å². The molecule has 0 aromatic carbocycles. The molecule has 0 fully saturated rings. The number of hydrogen-bond donors (Lipinski definition) is 2. The highest BCUT2D eigenvalue weighted by atomic mass is 32.2. The Labute approximate surface area is 57.4 Å². The predicted octanol–water partition coefficient (Wildman–Crippen LogP) is 0.310. The summed E-state index contributed by atoms with van der Waals surface area (Å²) in [4.78, 5) is 9.80. The van der Waals surface area contributed by atoms with Crippen LogP contribution in [0.3, 0.4) is 0 Å². The van der Waals surface area contributed by atoms with E-state index in [0.29, 0.717) is 5.75 Å². The topological polar surface area (TPSA) is 57.5 Å². The third-order valence-corrected chi connectivity index (χ3v) is 1.26. The molecule has 0 aliphatic rings. The van der Waals surface area contributed by atoms with Gasteiger partial charge >= 0.3 is 5.97 Å². The SMILES string of the molecule is O=C(O)C=CSCCO. The Morgan fingerprint density at radius 3 is 2.78 bits per heavy atom. The van der Waals surface area contributed by atoms with Gasteiger partial charge in [-0.15, -0.1) is 11.8 Å². The van der Waals surface area contributed by atoms with Crippen molar-refractivity contribution in [1.29, 1.82) is 0 Å². The van der Waals surface area contributed by atoms with Crippen molar-refractivity contribution >= 4 is 17.7 Å². The molecule has 4 heteroatoms. The largest absolute Gasteiger partial charge is 0.478 e. The van der Waals surface area contributed by atoms with Crippen molar-refractivity contribution in [2.24, 2.45) is 0 Å². The molecule has 0 spiro atoms. The minimum Gasteiger partial charge on any atom is -0.478 e. The molecule has 9 heavy (non-hydrogen) atoms. The lowest BCUT2D eigenvalue weighted by Gasteiger charge is -1.85. The first-order valence-electron chi connectivity index (χ1n) is 2.39. The van der Waals surface area contributed by atoms with Gasteiger partial charge < -0.3 is 10.2 Å². The van der Waals surface area contributed by atoms with Crippen LogP contribution in [0.4, 0.5) is 0 Å². The smallest absolute Gasteiger partial charge is 0.328 e. The first-order chi connectivity index (χ1) is 4.27. The number of rotatable bonds is 4. The highest BCUT2D eigenvalue weighted by Crippen LogP contribution is 1.98. The number of thioether (sulfide) groups is 1. The maximum absolute atomic E-state index is 9.80. The van der Waals surface area contributed by atoms with Crippen LogP contribution < -0.4 is 0 Å². The van der Waals surface area contributed by atoms with Gasteiger partial charge in [0, 0.05) is 11.8 Å². The maximum atomic E-state index is 9.80. The monoisotopic (exact) mass is 148 g/mol. The lowest BCUT2D eigenvalue weighted by Crippen LogP contribution is -1.86. The Morgan fingerprint density at radius 2 is 2.33 bits per heavy atom. The number of aliphatic carboxylic acids is 1. The Kier molecular flexibility index (Phi) is 5.35. The molecule has 0 heterocycles. The van der Waals surface area contributed by atoms with E-state index in [1.807, 2.05) is 0 Å². The number of aliphatic hydroxyl groups is 1. The molecular weight excluding hydrogens is 140 g/mol. The van der Waals surface area contributed by atoms with E-state index in [1.54, 1.807) is 0 Å². The maximum Gasteiger partial charge on any atom is 0.328 e. The Balaban J connectivity index is 3.15. The molecule has 0 aromatic rings. The summed E-state index contributed by atoms with van der Waals surface area (Å²) in [6.45, 7) is 0.0780. The van der Waals surface area contributed by atoms with Gasteiger partial charge in [0.05, 0.1) is 6.61 Å². The molecule has 0 atom stereocenters. The van der Waals surface area contributed by atoms with Crippen molar-refractivity contribution in [1.82, 2.24) is 0 Å². The molecule has 0 saturated heterocycles. The molecule has 0 aliphatic heterocycles. The zero-order valence-electron chi connectivity index (χ0n) is 4.78. The molecule has 0 rings (SSSR count). The standard InChI is InChI=1S/C5H8O3S/c6-2-4-9-3-1-5(7)8/h1,3,6H,2,4H2,(H,7,8). The van der Waals surface area contributed by atoms with Crippen LogP contribution in [0.5, 0.6) is 0 Å². The minimum absolute atomic E-state index is 0.0780. The highest BCUT2D eigenvalue weighted by molar-refractivity contribution is 8.02. The van der Waals surface area contributed by atoms with E-state index < -0.39 is 5.97 Å². The average Bonchev–Trinajstić information content (AvgIpc) is 1.80. The zero-order chi connectivity index (χ0) is 7.11. The van der Waals surface area contributed by atoms with Crippen molar-refractivity contribution in [3.05, 3.63) is 11.5 Å². The van der Waals surface area contributed by atoms with Crippen molar-refractivity contribution in [2.45, 2.75) is 0 Å². The molecule has 2 N–H and O–H groups in total. The summed E-state index contributed by atoms with van der Waals surface area (Å²) in [5, 5.41) is 17.7. The van der Waals surface area contributed by atoms with Crippen molar-refractivity contribution in [3.8, 4) is 0 Å². The van der Waals surface area contributed by atoms with Gasteiger partial charge in [0.1, 0.15) is 0 Å². The van der Waals surface area contributed by atoms with E-state index in [9.17, 15) is 4.79 Å². The van der Waals surface area contributed by atoms with Crippen LogP contribution in [0.15, 0.2) is 11.5 Å². The summed E-state index contributed by atoms with van der Waals surface area (Å²) in [5.74, 6) is -0.413. The van der Waals surface area contributed by atoms with Crippen LogP contribution >= 0.6 is 11.8 Å². The Hall–Kier alpha value is -0.480. The van der Waals surface area contributed by atoms with E-state index >= 15 is 0 Å². The molecule has 0 unspecified atom stereocenters. The number of carboxylic acid groups (broad SMARTS) is 1. The van der Waals surface area contributed by atoms with E-state index in [2.05, 4.69) is 0 Å². The Morgan fingerprint density at radius 1 is 1.67 bits per heavy atom. The normalized spacial score (nSPS) is 10.3. The molecular formula is C5H8O3S. The van der Waals surface area contributed by atoms with E-state index in [4.69, 9.17) is 10.2 Å². The number of aliphatic hydroxyl groups excluding tert-OH is 1. The van der Waals surface area contributed by atoms with Gasteiger partial charge in [0.2, 0.25) is 0 Å². The van der Waals surface area contributed by atoms with Crippen LogP contribution in [-0.4, -0.2) is 28.5 Å². The summed E-state index contributed by atoms with van der Waals surface area (Å²) in [7, 11) is 0. The molecule has 0 saturated carbocycles. The summed E-state index contributed by atoms with van der Waals surface area (Å²) < 4.78 is 0. The van der Waals surface area contributed by atoms with E-state index in [0.717, 1.165) is 6.08 Å². The quantitative estimate of drug-likeness (QED) is 0.445. The van der Waals surface area contributed by atoms with E-state index in [-0.39, 0.29) is 6.61 Å². The molecule has 0 aliphatic carbocycles. The first-order valence-corrected chi connectivity index (χ1v) is 3.44. The summed E-state index contributed by atoms with van der Waals surface area (Å²) in [6, 6.07) is 0. The van der Waals surface area contributed by atoms with Crippen LogP contribution in [-0.2, 0) is 4.79 Å². The number of carboxylic acids is 1. The van der Waals surface area contributed by atoms with Gasteiger partial charge in [-0.2, -0.15) is 0 Å². The first kappa shape index (κ1) is 8.52.